The Hall–Kier alpha value is -3.55. The van der Waals surface area contributed by atoms with Gasteiger partial charge in [0.05, 0.1) is 6.61 Å². The first-order chi connectivity index (χ1) is 15.4. The van der Waals surface area contributed by atoms with Crippen LogP contribution < -0.4 is 19.5 Å². The maximum atomic E-state index is 12.8. The number of piperidine rings is 1. The number of hydrogen-bond donors (Lipinski definition) is 1. The van der Waals surface area contributed by atoms with Crippen molar-refractivity contribution in [3.8, 4) is 17.2 Å². The molecule has 1 saturated heterocycles. The number of rotatable bonds is 8. The number of carbonyl (C=O) groups excluding carboxylic acids is 3. The van der Waals surface area contributed by atoms with Gasteiger partial charge in [-0.1, -0.05) is 6.07 Å². The molecule has 0 atom stereocenters. The van der Waals surface area contributed by atoms with Crippen molar-refractivity contribution in [3.05, 3.63) is 54.1 Å². The van der Waals surface area contributed by atoms with Crippen LogP contribution in [0.15, 0.2) is 48.5 Å². The zero-order valence-electron chi connectivity index (χ0n) is 18.3. The van der Waals surface area contributed by atoms with E-state index >= 15 is 0 Å². The van der Waals surface area contributed by atoms with E-state index in [0.29, 0.717) is 49.6 Å². The highest BCUT2D eigenvalue weighted by Crippen LogP contribution is 2.19. The average Bonchev–Trinajstić information content (AvgIpc) is 2.79. The summed E-state index contributed by atoms with van der Waals surface area (Å²) in [5, 5.41) is 2.97. The molecule has 1 N–H and O–H groups in total. The molecular weight excluding hydrogens is 412 g/mol. The van der Waals surface area contributed by atoms with Gasteiger partial charge in [0, 0.05) is 31.6 Å². The van der Waals surface area contributed by atoms with Crippen molar-refractivity contribution in [2.45, 2.75) is 32.7 Å². The Morgan fingerprint density at radius 3 is 2.25 bits per heavy atom. The van der Waals surface area contributed by atoms with Gasteiger partial charge in [0.25, 0.3) is 11.8 Å². The molecule has 32 heavy (non-hydrogen) atoms. The number of amides is 2. The molecule has 0 saturated carbocycles. The number of likely N-dealkylation sites (tertiary alicyclic amines) is 1. The van der Waals surface area contributed by atoms with E-state index in [2.05, 4.69) is 5.32 Å². The fourth-order valence-electron chi connectivity index (χ4n) is 3.49. The first-order valence-corrected chi connectivity index (χ1v) is 10.7. The molecular formula is C24H28N2O6. The van der Waals surface area contributed by atoms with Gasteiger partial charge >= 0.3 is 5.97 Å². The standard InChI is InChI=1S/C24H28N2O6/c1-3-30-20-7-9-21(10-8-20)31-16-23(28)25-19-11-13-26(14-12-19)24(29)18-5-4-6-22(15-18)32-17(2)27/h4-10,15,19H,3,11-14,16H2,1-2H3,(H,25,28). The topological polar surface area (TPSA) is 94.2 Å². The van der Waals surface area contributed by atoms with Crippen LogP contribution >= 0.6 is 0 Å². The smallest absolute Gasteiger partial charge is 0.308 e. The molecule has 0 unspecified atom stereocenters. The highest BCUT2D eigenvalue weighted by atomic mass is 16.5. The van der Waals surface area contributed by atoms with Crippen molar-refractivity contribution in [1.29, 1.82) is 0 Å². The Bertz CT molecular complexity index is 936. The van der Waals surface area contributed by atoms with Crippen molar-refractivity contribution in [3.63, 3.8) is 0 Å². The van der Waals surface area contributed by atoms with Gasteiger partial charge in [0.1, 0.15) is 17.2 Å². The predicted molar refractivity (Wildman–Crippen MR) is 118 cm³/mol. The lowest BCUT2D eigenvalue weighted by Crippen LogP contribution is -2.47. The van der Waals surface area contributed by atoms with Crippen molar-refractivity contribution in [2.24, 2.45) is 0 Å². The van der Waals surface area contributed by atoms with E-state index in [1.807, 2.05) is 6.92 Å². The molecule has 0 aromatic heterocycles. The molecule has 1 aliphatic rings. The number of hydrogen-bond acceptors (Lipinski definition) is 6. The fourth-order valence-corrected chi connectivity index (χ4v) is 3.49. The van der Waals surface area contributed by atoms with E-state index in [1.165, 1.54) is 6.92 Å². The second-order valence-corrected chi connectivity index (χ2v) is 7.45. The van der Waals surface area contributed by atoms with E-state index in [9.17, 15) is 14.4 Å². The summed E-state index contributed by atoms with van der Waals surface area (Å²) in [6, 6.07) is 13.7. The van der Waals surface area contributed by atoms with Gasteiger partial charge in [-0.2, -0.15) is 0 Å². The van der Waals surface area contributed by atoms with Crippen LogP contribution in [0.2, 0.25) is 0 Å². The molecule has 2 aromatic rings. The van der Waals surface area contributed by atoms with Gasteiger partial charge in [-0.15, -0.1) is 0 Å². The van der Waals surface area contributed by atoms with Crippen LogP contribution in [-0.2, 0) is 9.59 Å². The van der Waals surface area contributed by atoms with Crippen molar-refractivity contribution >= 4 is 17.8 Å². The Kier molecular flexibility index (Phi) is 8.08. The van der Waals surface area contributed by atoms with Gasteiger partial charge in [-0.05, 0) is 62.2 Å². The van der Waals surface area contributed by atoms with Crippen LogP contribution in [0.5, 0.6) is 17.2 Å². The maximum absolute atomic E-state index is 12.8. The number of nitrogens with one attached hydrogen (secondary N) is 1. The van der Waals surface area contributed by atoms with Crippen LogP contribution in [0.4, 0.5) is 0 Å². The summed E-state index contributed by atoms with van der Waals surface area (Å²) in [4.78, 5) is 37.9. The Balaban J connectivity index is 1.42. The third-order valence-corrected chi connectivity index (χ3v) is 4.99. The summed E-state index contributed by atoms with van der Waals surface area (Å²) in [5.74, 6) is 0.944. The molecule has 170 valence electrons. The van der Waals surface area contributed by atoms with E-state index < -0.39 is 5.97 Å². The summed E-state index contributed by atoms with van der Waals surface area (Å²) in [5.41, 5.74) is 0.468. The van der Waals surface area contributed by atoms with Gasteiger partial charge in [0.15, 0.2) is 6.61 Å². The van der Waals surface area contributed by atoms with Crippen LogP contribution in [-0.4, -0.2) is 55.0 Å². The van der Waals surface area contributed by atoms with E-state index in [1.54, 1.807) is 53.4 Å². The Labute approximate surface area is 187 Å². The van der Waals surface area contributed by atoms with Crippen LogP contribution in [0.25, 0.3) is 0 Å². The highest BCUT2D eigenvalue weighted by Gasteiger charge is 2.25. The van der Waals surface area contributed by atoms with E-state index in [-0.39, 0.29) is 24.5 Å². The summed E-state index contributed by atoms with van der Waals surface area (Å²) >= 11 is 0. The minimum absolute atomic E-state index is 0.0112. The summed E-state index contributed by atoms with van der Waals surface area (Å²) in [6.45, 7) is 4.81. The molecule has 1 heterocycles. The molecule has 8 heteroatoms. The van der Waals surface area contributed by atoms with Gasteiger partial charge in [0.2, 0.25) is 0 Å². The van der Waals surface area contributed by atoms with Crippen molar-refractivity contribution in [2.75, 3.05) is 26.3 Å². The molecule has 1 fully saturated rings. The Morgan fingerprint density at radius 1 is 0.969 bits per heavy atom. The molecule has 8 nitrogen and oxygen atoms in total. The first-order valence-electron chi connectivity index (χ1n) is 10.7. The third kappa shape index (κ3) is 6.73. The number of nitrogens with zero attached hydrogens (tertiary/aromatic N) is 1. The molecule has 0 spiro atoms. The second-order valence-electron chi connectivity index (χ2n) is 7.45. The first kappa shape index (κ1) is 23.1. The molecule has 3 rings (SSSR count). The molecule has 0 bridgehead atoms. The molecule has 1 aliphatic heterocycles. The van der Waals surface area contributed by atoms with Crippen LogP contribution in [0.3, 0.4) is 0 Å². The second kappa shape index (κ2) is 11.2. The third-order valence-electron chi connectivity index (χ3n) is 4.99. The van der Waals surface area contributed by atoms with Gasteiger partial charge in [-0.25, -0.2) is 0 Å². The lowest BCUT2D eigenvalue weighted by molar-refractivity contribution is -0.132. The summed E-state index contributed by atoms with van der Waals surface area (Å²) in [7, 11) is 0. The lowest BCUT2D eigenvalue weighted by atomic mass is 10.0. The lowest BCUT2D eigenvalue weighted by Gasteiger charge is -2.32. The van der Waals surface area contributed by atoms with E-state index in [0.717, 1.165) is 5.75 Å². The molecule has 2 amide bonds. The number of benzene rings is 2. The molecule has 0 aliphatic carbocycles. The quantitative estimate of drug-likeness (QED) is 0.501. The molecule has 0 radical (unpaired) electrons. The normalized spacial score (nSPS) is 13.9. The van der Waals surface area contributed by atoms with Crippen molar-refractivity contribution in [1.82, 2.24) is 10.2 Å². The zero-order valence-corrected chi connectivity index (χ0v) is 18.3. The largest absolute Gasteiger partial charge is 0.494 e. The highest BCUT2D eigenvalue weighted by molar-refractivity contribution is 5.94. The van der Waals surface area contributed by atoms with Crippen molar-refractivity contribution < 1.29 is 28.6 Å². The number of esters is 1. The zero-order chi connectivity index (χ0) is 22.9. The van der Waals surface area contributed by atoms with Gasteiger partial charge < -0.3 is 24.4 Å². The predicted octanol–water partition coefficient (Wildman–Crippen LogP) is 2.81. The maximum Gasteiger partial charge on any atom is 0.308 e. The minimum atomic E-state index is -0.433. The van der Waals surface area contributed by atoms with Crippen LogP contribution in [0, 0.1) is 0 Å². The number of ether oxygens (including phenoxy) is 3. The monoisotopic (exact) mass is 440 g/mol. The van der Waals surface area contributed by atoms with Gasteiger partial charge in [-0.3, -0.25) is 14.4 Å². The van der Waals surface area contributed by atoms with E-state index in [4.69, 9.17) is 14.2 Å². The average molecular weight is 440 g/mol. The van der Waals surface area contributed by atoms with Crippen LogP contribution in [0.1, 0.15) is 37.0 Å². The summed E-state index contributed by atoms with van der Waals surface area (Å²) in [6.07, 6.45) is 1.31. The minimum Gasteiger partial charge on any atom is -0.494 e. The SMILES string of the molecule is CCOc1ccc(OCC(=O)NC2CCN(C(=O)c3cccc(OC(C)=O)c3)CC2)cc1. The summed E-state index contributed by atoms with van der Waals surface area (Å²) < 4.78 is 16.0. The Morgan fingerprint density at radius 2 is 1.62 bits per heavy atom. The number of carbonyl (C=O) groups is 3. The molecule has 2 aromatic carbocycles. The fraction of sp³-hybridized carbons (Fsp3) is 0.375.